The van der Waals surface area contributed by atoms with Crippen LogP contribution in [-0.2, 0) is 0 Å². The summed E-state index contributed by atoms with van der Waals surface area (Å²) in [6.45, 7) is 8.12. The van der Waals surface area contributed by atoms with E-state index in [1.54, 1.807) is 12.1 Å². The number of hydrogen-bond acceptors (Lipinski definition) is 3. The number of carbonyl (C=O) groups excluding carboxylic acids is 2. The van der Waals surface area contributed by atoms with Gasteiger partial charge in [-0.05, 0) is 67.6 Å². The first-order chi connectivity index (χ1) is 14.0. The van der Waals surface area contributed by atoms with Gasteiger partial charge in [0.1, 0.15) is 5.75 Å². The minimum atomic E-state index is -0.0814. The van der Waals surface area contributed by atoms with Crippen LogP contribution in [0.2, 0.25) is 0 Å². The molecule has 154 valence electrons. The Balaban J connectivity index is 1.50. The lowest BCUT2D eigenvalue weighted by atomic mass is 10.00. The molecule has 0 aromatic heterocycles. The molecule has 1 saturated heterocycles. The van der Waals surface area contributed by atoms with Gasteiger partial charge in [0.2, 0.25) is 0 Å². The zero-order chi connectivity index (χ0) is 20.8. The average Bonchev–Trinajstić information content (AvgIpc) is 2.74. The first-order valence-electron chi connectivity index (χ1n) is 10.4. The van der Waals surface area contributed by atoms with Gasteiger partial charge in [0.25, 0.3) is 11.8 Å². The van der Waals surface area contributed by atoms with Gasteiger partial charge < -0.3 is 15.0 Å². The van der Waals surface area contributed by atoms with Crippen molar-refractivity contribution in [2.75, 3.05) is 19.7 Å². The van der Waals surface area contributed by atoms with Crippen LogP contribution in [0.25, 0.3) is 0 Å². The number of piperidine rings is 1. The van der Waals surface area contributed by atoms with Gasteiger partial charge in [-0.25, -0.2) is 0 Å². The van der Waals surface area contributed by atoms with Crippen LogP contribution in [0, 0.1) is 0 Å². The molecule has 0 saturated carbocycles. The van der Waals surface area contributed by atoms with E-state index in [-0.39, 0.29) is 17.9 Å². The molecular formula is C24H30N2O3. The summed E-state index contributed by atoms with van der Waals surface area (Å²) in [6, 6.07) is 15.1. The maximum atomic E-state index is 12.7. The van der Waals surface area contributed by atoms with Crippen molar-refractivity contribution in [1.82, 2.24) is 10.2 Å². The lowest BCUT2D eigenvalue weighted by molar-refractivity contribution is 0.0698. The summed E-state index contributed by atoms with van der Waals surface area (Å²) in [5.74, 6) is 1.20. The van der Waals surface area contributed by atoms with Gasteiger partial charge in [0.15, 0.2) is 0 Å². The summed E-state index contributed by atoms with van der Waals surface area (Å²) in [5, 5.41) is 3.09. The van der Waals surface area contributed by atoms with Gasteiger partial charge >= 0.3 is 0 Å². The molecule has 1 heterocycles. The van der Waals surface area contributed by atoms with Crippen molar-refractivity contribution in [1.29, 1.82) is 0 Å². The highest BCUT2D eigenvalue weighted by Crippen LogP contribution is 2.18. The standard InChI is InChI=1S/C24H30N2O3/c1-4-29-22-11-9-19(10-12-22)23(27)25-21-13-15-26(16-14-21)24(28)20-7-5-18(6-8-20)17(2)3/h5-12,17,21H,4,13-16H2,1-3H3,(H,25,27). The van der Waals surface area contributed by atoms with Gasteiger partial charge in [0.05, 0.1) is 6.61 Å². The number of nitrogens with one attached hydrogen (secondary N) is 1. The molecule has 0 unspecified atom stereocenters. The molecule has 3 rings (SSSR count). The first kappa shape index (κ1) is 20.9. The van der Waals surface area contributed by atoms with Crippen molar-refractivity contribution < 1.29 is 14.3 Å². The number of rotatable bonds is 6. The fourth-order valence-corrected chi connectivity index (χ4v) is 3.56. The van der Waals surface area contributed by atoms with E-state index >= 15 is 0 Å². The number of nitrogens with zero attached hydrogens (tertiary/aromatic N) is 1. The Morgan fingerprint density at radius 2 is 1.59 bits per heavy atom. The van der Waals surface area contributed by atoms with E-state index in [0.717, 1.165) is 24.2 Å². The van der Waals surface area contributed by atoms with Crippen molar-refractivity contribution in [2.24, 2.45) is 0 Å². The fraction of sp³-hybridized carbons (Fsp3) is 0.417. The van der Waals surface area contributed by atoms with Crippen molar-refractivity contribution in [3.63, 3.8) is 0 Å². The van der Waals surface area contributed by atoms with E-state index in [9.17, 15) is 9.59 Å². The molecule has 0 radical (unpaired) electrons. The summed E-state index contributed by atoms with van der Waals surface area (Å²) < 4.78 is 5.41. The van der Waals surface area contributed by atoms with Crippen LogP contribution in [0.1, 0.15) is 65.8 Å². The Morgan fingerprint density at radius 3 is 2.14 bits per heavy atom. The van der Waals surface area contributed by atoms with E-state index < -0.39 is 0 Å². The fourth-order valence-electron chi connectivity index (χ4n) is 3.56. The number of ether oxygens (including phenoxy) is 1. The summed E-state index contributed by atoms with van der Waals surface area (Å²) in [6.07, 6.45) is 1.52. The van der Waals surface area contributed by atoms with Gasteiger partial charge in [-0.1, -0.05) is 26.0 Å². The number of hydrogen-bond donors (Lipinski definition) is 1. The third-order valence-corrected chi connectivity index (χ3v) is 5.37. The Bertz CT molecular complexity index is 820. The predicted molar refractivity (Wildman–Crippen MR) is 115 cm³/mol. The predicted octanol–water partition coefficient (Wildman–Crippen LogP) is 4.24. The zero-order valence-electron chi connectivity index (χ0n) is 17.5. The summed E-state index contributed by atoms with van der Waals surface area (Å²) in [5.41, 5.74) is 2.58. The third-order valence-electron chi connectivity index (χ3n) is 5.37. The number of carbonyl (C=O) groups is 2. The molecule has 0 bridgehead atoms. The van der Waals surface area contributed by atoms with Crippen LogP contribution < -0.4 is 10.1 Å². The maximum absolute atomic E-state index is 12.7. The van der Waals surface area contributed by atoms with Crippen molar-refractivity contribution >= 4 is 11.8 Å². The summed E-state index contributed by atoms with van der Waals surface area (Å²) in [4.78, 5) is 27.1. The largest absolute Gasteiger partial charge is 0.494 e. The number of amides is 2. The minimum Gasteiger partial charge on any atom is -0.494 e. The smallest absolute Gasteiger partial charge is 0.253 e. The highest BCUT2D eigenvalue weighted by atomic mass is 16.5. The Hall–Kier alpha value is -2.82. The van der Waals surface area contributed by atoms with Crippen molar-refractivity contribution in [2.45, 2.75) is 45.6 Å². The quantitative estimate of drug-likeness (QED) is 0.797. The van der Waals surface area contributed by atoms with E-state index in [1.165, 1.54) is 5.56 Å². The molecule has 2 aromatic rings. The number of benzene rings is 2. The lowest BCUT2D eigenvalue weighted by Crippen LogP contribution is -2.46. The van der Waals surface area contributed by atoms with E-state index in [1.807, 2.05) is 48.2 Å². The highest BCUT2D eigenvalue weighted by molar-refractivity contribution is 5.95. The Kier molecular flexibility index (Phi) is 6.91. The monoisotopic (exact) mass is 394 g/mol. The molecule has 0 aliphatic carbocycles. The maximum Gasteiger partial charge on any atom is 0.253 e. The van der Waals surface area contributed by atoms with Crippen LogP contribution in [-0.4, -0.2) is 42.5 Å². The summed E-state index contributed by atoms with van der Waals surface area (Å²) in [7, 11) is 0. The SMILES string of the molecule is CCOc1ccc(C(=O)NC2CCN(C(=O)c3ccc(C(C)C)cc3)CC2)cc1. The van der Waals surface area contributed by atoms with Crippen LogP contribution in [0.3, 0.4) is 0 Å². The normalized spacial score (nSPS) is 14.7. The molecule has 2 aromatic carbocycles. The van der Waals surface area contributed by atoms with Gasteiger partial charge in [-0.15, -0.1) is 0 Å². The van der Waals surface area contributed by atoms with Crippen LogP contribution in [0.5, 0.6) is 5.75 Å². The molecule has 1 aliphatic rings. The van der Waals surface area contributed by atoms with Crippen molar-refractivity contribution in [3.8, 4) is 5.75 Å². The zero-order valence-corrected chi connectivity index (χ0v) is 17.5. The summed E-state index contributed by atoms with van der Waals surface area (Å²) >= 11 is 0. The van der Waals surface area contributed by atoms with Gasteiger partial charge in [-0.3, -0.25) is 9.59 Å². The third kappa shape index (κ3) is 5.37. The second-order valence-corrected chi connectivity index (χ2v) is 7.77. The lowest BCUT2D eigenvalue weighted by Gasteiger charge is -2.32. The Morgan fingerprint density at radius 1 is 1.00 bits per heavy atom. The van der Waals surface area contributed by atoms with Crippen LogP contribution >= 0.6 is 0 Å². The molecule has 2 amide bonds. The van der Waals surface area contributed by atoms with Crippen molar-refractivity contribution in [3.05, 3.63) is 65.2 Å². The Labute approximate surface area is 173 Å². The molecule has 5 heteroatoms. The van der Waals surface area contributed by atoms with Gasteiger partial charge in [0, 0.05) is 30.3 Å². The van der Waals surface area contributed by atoms with E-state index in [4.69, 9.17) is 4.74 Å². The topological polar surface area (TPSA) is 58.6 Å². The van der Waals surface area contributed by atoms with Crippen LogP contribution in [0.4, 0.5) is 0 Å². The van der Waals surface area contributed by atoms with E-state index in [2.05, 4.69) is 19.2 Å². The van der Waals surface area contributed by atoms with E-state index in [0.29, 0.717) is 31.2 Å². The molecule has 1 fully saturated rings. The average molecular weight is 395 g/mol. The molecule has 5 nitrogen and oxygen atoms in total. The van der Waals surface area contributed by atoms with Crippen LogP contribution in [0.15, 0.2) is 48.5 Å². The second-order valence-electron chi connectivity index (χ2n) is 7.77. The molecular weight excluding hydrogens is 364 g/mol. The first-order valence-corrected chi connectivity index (χ1v) is 10.4. The molecule has 0 atom stereocenters. The molecule has 1 aliphatic heterocycles. The number of likely N-dealkylation sites (tertiary alicyclic amines) is 1. The minimum absolute atomic E-state index is 0.0663. The van der Waals surface area contributed by atoms with Gasteiger partial charge in [-0.2, -0.15) is 0 Å². The second kappa shape index (κ2) is 9.59. The molecule has 0 spiro atoms. The highest BCUT2D eigenvalue weighted by Gasteiger charge is 2.25. The molecule has 1 N–H and O–H groups in total. The molecule has 29 heavy (non-hydrogen) atoms.